The summed E-state index contributed by atoms with van der Waals surface area (Å²) in [5.74, 6) is -0.262. The first kappa shape index (κ1) is 11.0. The van der Waals surface area contributed by atoms with Crippen molar-refractivity contribution in [3.05, 3.63) is 41.6 Å². The molecule has 1 aliphatic carbocycles. The van der Waals surface area contributed by atoms with Gasteiger partial charge in [-0.3, -0.25) is 4.68 Å². The molecular weight excluding hydrogens is 228 g/mol. The molecule has 0 atom stereocenters. The molecule has 3 rings (SSSR count). The summed E-state index contributed by atoms with van der Waals surface area (Å²) in [5, 5.41) is 13.3. The Balaban J connectivity index is 2.01. The van der Waals surface area contributed by atoms with E-state index < -0.39 is 5.97 Å². The first-order valence-electron chi connectivity index (χ1n) is 6.03. The molecule has 0 saturated heterocycles. The van der Waals surface area contributed by atoms with Crippen LogP contribution in [-0.4, -0.2) is 20.9 Å². The highest BCUT2D eigenvalue weighted by atomic mass is 16.4. The first-order chi connectivity index (χ1) is 8.65. The lowest BCUT2D eigenvalue weighted by Crippen LogP contribution is -2.04. The molecule has 1 fully saturated rings. The number of nitrogens with zero attached hydrogens (tertiary/aromatic N) is 2. The number of hydrogen-bond acceptors (Lipinski definition) is 2. The number of benzene rings is 1. The summed E-state index contributed by atoms with van der Waals surface area (Å²) in [6.45, 7) is 0. The van der Waals surface area contributed by atoms with Gasteiger partial charge in [0.05, 0.1) is 5.69 Å². The van der Waals surface area contributed by atoms with Gasteiger partial charge in [-0.25, -0.2) is 4.79 Å². The fraction of sp³-hybridized carbons (Fsp3) is 0.286. The van der Waals surface area contributed by atoms with Crippen LogP contribution in [0.25, 0.3) is 11.3 Å². The van der Waals surface area contributed by atoms with Crippen molar-refractivity contribution >= 4 is 5.97 Å². The highest BCUT2D eigenvalue weighted by Gasteiger charge is 2.23. The molecule has 1 saturated carbocycles. The topological polar surface area (TPSA) is 55.1 Å². The van der Waals surface area contributed by atoms with Gasteiger partial charge in [0.25, 0.3) is 0 Å². The molecule has 4 nitrogen and oxygen atoms in total. The Labute approximate surface area is 105 Å². The molecule has 0 aliphatic heterocycles. The fourth-order valence-corrected chi connectivity index (χ4v) is 2.18. The zero-order valence-electron chi connectivity index (χ0n) is 10.1. The summed E-state index contributed by atoms with van der Waals surface area (Å²) >= 11 is 0. The van der Waals surface area contributed by atoms with Crippen molar-refractivity contribution in [1.29, 1.82) is 0 Å². The summed E-state index contributed by atoms with van der Waals surface area (Å²) in [6.07, 6.45) is 2.51. The first-order valence-corrected chi connectivity index (χ1v) is 6.03. The zero-order valence-corrected chi connectivity index (χ0v) is 10.1. The summed E-state index contributed by atoms with van der Waals surface area (Å²) in [4.78, 5) is 11.0. The van der Waals surface area contributed by atoms with Gasteiger partial charge in [0, 0.05) is 12.6 Å². The van der Waals surface area contributed by atoms with Crippen molar-refractivity contribution in [3.63, 3.8) is 0 Å². The Morgan fingerprint density at radius 3 is 2.78 bits per heavy atom. The molecule has 0 radical (unpaired) electrons. The number of carboxylic acids is 1. The second-order valence-electron chi connectivity index (χ2n) is 4.74. The molecule has 1 aliphatic rings. The Kier molecular flexibility index (Phi) is 2.44. The maximum Gasteiger partial charge on any atom is 0.354 e. The number of carbonyl (C=O) groups is 1. The van der Waals surface area contributed by atoms with E-state index in [2.05, 4.69) is 17.2 Å². The van der Waals surface area contributed by atoms with E-state index in [-0.39, 0.29) is 5.69 Å². The van der Waals surface area contributed by atoms with Crippen LogP contribution >= 0.6 is 0 Å². The van der Waals surface area contributed by atoms with Gasteiger partial charge in [0.1, 0.15) is 5.69 Å². The third kappa shape index (κ3) is 1.90. The summed E-state index contributed by atoms with van der Waals surface area (Å²) < 4.78 is 1.40. The molecule has 1 N–H and O–H groups in total. The number of rotatable bonds is 3. The van der Waals surface area contributed by atoms with E-state index in [0.29, 0.717) is 5.92 Å². The number of hydrogen-bond donors (Lipinski definition) is 1. The van der Waals surface area contributed by atoms with E-state index in [1.165, 1.54) is 23.1 Å². The van der Waals surface area contributed by atoms with Gasteiger partial charge in [-0.05, 0) is 36.5 Å². The van der Waals surface area contributed by atoms with Crippen molar-refractivity contribution in [2.75, 3.05) is 0 Å². The maximum atomic E-state index is 11.0. The third-order valence-corrected chi connectivity index (χ3v) is 3.33. The predicted molar refractivity (Wildman–Crippen MR) is 67.6 cm³/mol. The number of aromatic nitrogens is 2. The molecule has 1 heterocycles. The Hall–Kier alpha value is -2.10. The van der Waals surface area contributed by atoms with Gasteiger partial charge < -0.3 is 5.11 Å². The highest BCUT2D eigenvalue weighted by Crippen LogP contribution is 2.40. The van der Waals surface area contributed by atoms with Gasteiger partial charge in [-0.1, -0.05) is 18.2 Å². The summed E-state index contributed by atoms with van der Waals surface area (Å²) in [5.41, 5.74) is 3.25. The van der Waals surface area contributed by atoms with E-state index in [1.54, 1.807) is 13.1 Å². The van der Waals surface area contributed by atoms with E-state index in [1.807, 2.05) is 12.1 Å². The lowest BCUT2D eigenvalue weighted by molar-refractivity contribution is 0.0685. The van der Waals surface area contributed by atoms with Crippen LogP contribution in [0.2, 0.25) is 0 Å². The SMILES string of the molecule is Cn1nc(-c2cccc(C3CC3)c2)cc1C(=O)O. The van der Waals surface area contributed by atoms with Crippen molar-refractivity contribution in [2.45, 2.75) is 18.8 Å². The molecule has 0 bridgehead atoms. The lowest BCUT2D eigenvalue weighted by atomic mass is 10.1. The van der Waals surface area contributed by atoms with E-state index in [9.17, 15) is 4.79 Å². The minimum Gasteiger partial charge on any atom is -0.477 e. The van der Waals surface area contributed by atoms with Gasteiger partial charge in [0.2, 0.25) is 0 Å². The van der Waals surface area contributed by atoms with Crippen LogP contribution in [0.3, 0.4) is 0 Å². The molecular formula is C14H14N2O2. The zero-order chi connectivity index (χ0) is 12.7. The van der Waals surface area contributed by atoms with Crippen LogP contribution in [0.1, 0.15) is 34.8 Å². The molecule has 4 heteroatoms. The van der Waals surface area contributed by atoms with Gasteiger partial charge in [-0.2, -0.15) is 5.10 Å². The van der Waals surface area contributed by atoms with Crippen LogP contribution < -0.4 is 0 Å². The minimum atomic E-state index is -0.949. The van der Waals surface area contributed by atoms with Gasteiger partial charge >= 0.3 is 5.97 Å². The Morgan fingerprint density at radius 1 is 1.39 bits per heavy atom. The average molecular weight is 242 g/mol. The average Bonchev–Trinajstić information content (AvgIpc) is 3.12. The molecule has 1 aromatic carbocycles. The lowest BCUT2D eigenvalue weighted by Gasteiger charge is -2.01. The monoisotopic (exact) mass is 242 g/mol. The molecule has 2 aromatic rings. The predicted octanol–water partition coefficient (Wildman–Crippen LogP) is 2.66. The second-order valence-corrected chi connectivity index (χ2v) is 4.74. The van der Waals surface area contributed by atoms with Crippen LogP contribution in [0.5, 0.6) is 0 Å². The van der Waals surface area contributed by atoms with Crippen LogP contribution in [0, 0.1) is 0 Å². The smallest absolute Gasteiger partial charge is 0.354 e. The van der Waals surface area contributed by atoms with E-state index >= 15 is 0 Å². The quantitative estimate of drug-likeness (QED) is 0.900. The standard InChI is InChI=1S/C14H14N2O2/c1-16-13(14(17)18)8-12(15-16)11-4-2-3-10(7-11)9-5-6-9/h2-4,7-9H,5-6H2,1H3,(H,17,18). The van der Waals surface area contributed by atoms with E-state index in [4.69, 9.17) is 5.11 Å². The normalized spacial score (nSPS) is 14.7. The second kappa shape index (κ2) is 3.98. The fourth-order valence-electron chi connectivity index (χ4n) is 2.18. The molecule has 0 amide bonds. The van der Waals surface area contributed by atoms with Crippen molar-refractivity contribution in [3.8, 4) is 11.3 Å². The maximum absolute atomic E-state index is 11.0. The van der Waals surface area contributed by atoms with E-state index in [0.717, 1.165) is 11.3 Å². The van der Waals surface area contributed by atoms with Gasteiger partial charge in [0.15, 0.2) is 0 Å². The third-order valence-electron chi connectivity index (χ3n) is 3.33. The molecule has 1 aromatic heterocycles. The Morgan fingerprint density at radius 2 is 2.17 bits per heavy atom. The van der Waals surface area contributed by atoms with Crippen molar-refractivity contribution in [2.24, 2.45) is 7.05 Å². The molecule has 18 heavy (non-hydrogen) atoms. The number of aromatic carboxylic acids is 1. The molecule has 0 unspecified atom stereocenters. The van der Waals surface area contributed by atoms with Crippen LogP contribution in [0.15, 0.2) is 30.3 Å². The molecule has 0 spiro atoms. The number of aryl methyl sites for hydroxylation is 1. The molecule has 92 valence electrons. The Bertz CT molecular complexity index is 612. The van der Waals surface area contributed by atoms with Crippen molar-refractivity contribution < 1.29 is 9.90 Å². The van der Waals surface area contributed by atoms with Crippen LogP contribution in [0.4, 0.5) is 0 Å². The van der Waals surface area contributed by atoms with Crippen molar-refractivity contribution in [1.82, 2.24) is 9.78 Å². The number of carboxylic acid groups (broad SMARTS) is 1. The minimum absolute atomic E-state index is 0.210. The largest absolute Gasteiger partial charge is 0.477 e. The summed E-state index contributed by atoms with van der Waals surface area (Å²) in [6, 6.07) is 9.85. The summed E-state index contributed by atoms with van der Waals surface area (Å²) in [7, 11) is 1.65. The van der Waals surface area contributed by atoms with Crippen LogP contribution in [-0.2, 0) is 7.05 Å². The van der Waals surface area contributed by atoms with Gasteiger partial charge in [-0.15, -0.1) is 0 Å². The highest BCUT2D eigenvalue weighted by molar-refractivity contribution is 5.87.